The molecule has 0 radical (unpaired) electrons. The first kappa shape index (κ1) is 20.6. The van der Waals surface area contributed by atoms with Crippen molar-refractivity contribution in [3.8, 4) is 17.2 Å². The number of hydrogen-bond donors (Lipinski definition) is 2. The molecule has 1 amide bonds. The van der Waals surface area contributed by atoms with Crippen LogP contribution in [0.4, 0.5) is 5.69 Å². The summed E-state index contributed by atoms with van der Waals surface area (Å²) in [6.45, 7) is 1.62. The van der Waals surface area contributed by atoms with E-state index in [-0.39, 0.29) is 36.0 Å². The van der Waals surface area contributed by atoms with E-state index in [1.54, 1.807) is 13.0 Å². The molecule has 0 unspecified atom stereocenters. The molecular weight excluding hydrogens is 390 g/mol. The Balaban J connectivity index is 1.66. The first-order chi connectivity index (χ1) is 14.5. The van der Waals surface area contributed by atoms with Gasteiger partial charge in [-0.3, -0.25) is 14.9 Å². The summed E-state index contributed by atoms with van der Waals surface area (Å²) >= 11 is 0. The number of hydrogen-bond acceptors (Lipinski definition) is 7. The van der Waals surface area contributed by atoms with Crippen LogP contribution >= 0.6 is 0 Å². The van der Waals surface area contributed by atoms with Gasteiger partial charge in [-0.2, -0.15) is 5.10 Å². The zero-order chi connectivity index (χ0) is 21.5. The average molecular weight is 409 g/mol. The number of rotatable bonds is 8. The number of phenols is 1. The van der Waals surface area contributed by atoms with Crippen molar-refractivity contribution >= 4 is 28.6 Å². The Morgan fingerprint density at radius 3 is 2.70 bits per heavy atom. The molecule has 0 aliphatic heterocycles. The maximum absolute atomic E-state index is 12.0. The Kier molecular flexibility index (Phi) is 6.43. The van der Waals surface area contributed by atoms with Crippen molar-refractivity contribution < 1.29 is 24.3 Å². The Labute approximate surface area is 171 Å². The fourth-order valence-corrected chi connectivity index (χ4v) is 2.75. The van der Waals surface area contributed by atoms with Crippen molar-refractivity contribution in [1.29, 1.82) is 0 Å². The zero-order valence-electron chi connectivity index (χ0n) is 16.1. The summed E-state index contributed by atoms with van der Waals surface area (Å²) in [5.74, 6) is -0.328. The molecule has 9 heteroatoms. The van der Waals surface area contributed by atoms with E-state index in [9.17, 15) is 20.0 Å². The Morgan fingerprint density at radius 1 is 1.17 bits per heavy atom. The Morgan fingerprint density at radius 2 is 1.93 bits per heavy atom. The highest BCUT2D eigenvalue weighted by atomic mass is 16.6. The van der Waals surface area contributed by atoms with E-state index in [0.717, 1.165) is 29.1 Å². The molecular formula is C21H19N3O6. The van der Waals surface area contributed by atoms with E-state index in [4.69, 9.17) is 9.47 Å². The lowest BCUT2D eigenvalue weighted by molar-refractivity contribution is -0.385. The van der Waals surface area contributed by atoms with Crippen LogP contribution in [-0.4, -0.2) is 35.4 Å². The summed E-state index contributed by atoms with van der Waals surface area (Å²) in [4.78, 5) is 22.5. The zero-order valence-corrected chi connectivity index (χ0v) is 16.1. The average Bonchev–Trinajstić information content (AvgIpc) is 2.74. The predicted octanol–water partition coefficient (Wildman–Crippen LogP) is 3.38. The van der Waals surface area contributed by atoms with Crippen LogP contribution in [-0.2, 0) is 4.79 Å². The summed E-state index contributed by atoms with van der Waals surface area (Å²) < 4.78 is 10.8. The molecule has 3 aromatic carbocycles. The number of benzene rings is 3. The van der Waals surface area contributed by atoms with Gasteiger partial charge in [0, 0.05) is 17.0 Å². The van der Waals surface area contributed by atoms with Gasteiger partial charge in [0.2, 0.25) is 0 Å². The summed E-state index contributed by atoms with van der Waals surface area (Å²) in [5, 5.41) is 26.8. The van der Waals surface area contributed by atoms with Crippen molar-refractivity contribution in [2.45, 2.75) is 6.92 Å². The normalized spacial score (nSPS) is 10.8. The lowest BCUT2D eigenvalue weighted by atomic mass is 10.1. The topological polar surface area (TPSA) is 123 Å². The highest BCUT2D eigenvalue weighted by molar-refractivity contribution is 5.89. The number of carbonyl (C=O) groups excluding carboxylic acids is 1. The number of non-ortho nitro benzene ring substituents is 1. The van der Waals surface area contributed by atoms with Gasteiger partial charge >= 0.3 is 0 Å². The second-order valence-corrected chi connectivity index (χ2v) is 6.13. The van der Waals surface area contributed by atoms with Gasteiger partial charge in [-0.1, -0.05) is 36.4 Å². The molecule has 0 aliphatic rings. The van der Waals surface area contributed by atoms with Gasteiger partial charge in [-0.15, -0.1) is 0 Å². The second-order valence-electron chi connectivity index (χ2n) is 6.13. The SMILES string of the molecule is CCOc1cc([N+](=O)[O-])cc(/C=N\NC(=O)COc2cccc3ccccc23)c1O. The molecule has 0 spiro atoms. The van der Waals surface area contributed by atoms with E-state index < -0.39 is 10.8 Å². The van der Waals surface area contributed by atoms with Crippen LogP contribution < -0.4 is 14.9 Å². The fourth-order valence-electron chi connectivity index (χ4n) is 2.75. The molecule has 30 heavy (non-hydrogen) atoms. The molecule has 0 heterocycles. The van der Waals surface area contributed by atoms with Crippen molar-refractivity contribution in [1.82, 2.24) is 5.43 Å². The van der Waals surface area contributed by atoms with Crippen LogP contribution in [0.1, 0.15) is 12.5 Å². The summed E-state index contributed by atoms with van der Waals surface area (Å²) in [6.07, 6.45) is 1.10. The highest BCUT2D eigenvalue weighted by Crippen LogP contribution is 2.33. The minimum absolute atomic E-state index is 0.0305. The molecule has 0 saturated heterocycles. The number of hydrazone groups is 1. The fraction of sp³-hybridized carbons (Fsp3) is 0.143. The Hall–Kier alpha value is -4.14. The van der Waals surface area contributed by atoms with Crippen LogP contribution in [0.25, 0.3) is 10.8 Å². The number of phenolic OH excluding ortho intramolecular Hbond substituents is 1. The molecule has 0 atom stereocenters. The van der Waals surface area contributed by atoms with Gasteiger partial charge in [0.25, 0.3) is 11.6 Å². The maximum atomic E-state index is 12.0. The minimum Gasteiger partial charge on any atom is -0.504 e. The summed E-state index contributed by atoms with van der Waals surface area (Å²) in [7, 11) is 0. The minimum atomic E-state index is -0.615. The Bertz CT molecular complexity index is 1110. The molecule has 154 valence electrons. The van der Waals surface area contributed by atoms with Crippen LogP contribution in [0, 0.1) is 10.1 Å². The van der Waals surface area contributed by atoms with E-state index in [1.807, 2.05) is 36.4 Å². The first-order valence-corrected chi connectivity index (χ1v) is 9.06. The van der Waals surface area contributed by atoms with Crippen molar-refractivity contribution in [2.24, 2.45) is 5.10 Å². The van der Waals surface area contributed by atoms with Crippen LogP contribution in [0.5, 0.6) is 17.2 Å². The van der Waals surface area contributed by atoms with Crippen molar-refractivity contribution in [2.75, 3.05) is 13.2 Å². The largest absolute Gasteiger partial charge is 0.504 e. The van der Waals surface area contributed by atoms with Gasteiger partial charge in [-0.25, -0.2) is 5.43 Å². The lowest BCUT2D eigenvalue weighted by Gasteiger charge is -2.09. The van der Waals surface area contributed by atoms with Crippen LogP contribution in [0.2, 0.25) is 0 Å². The molecule has 0 aromatic heterocycles. The molecule has 9 nitrogen and oxygen atoms in total. The van der Waals surface area contributed by atoms with Crippen molar-refractivity contribution in [3.63, 3.8) is 0 Å². The number of amides is 1. The van der Waals surface area contributed by atoms with E-state index in [2.05, 4.69) is 10.5 Å². The van der Waals surface area contributed by atoms with E-state index >= 15 is 0 Å². The second kappa shape index (κ2) is 9.37. The number of aromatic hydroxyl groups is 1. The third-order valence-electron chi connectivity index (χ3n) is 4.10. The molecule has 0 saturated carbocycles. The number of carbonyl (C=O) groups is 1. The number of nitrogens with one attached hydrogen (secondary N) is 1. The van der Waals surface area contributed by atoms with Gasteiger partial charge < -0.3 is 14.6 Å². The maximum Gasteiger partial charge on any atom is 0.277 e. The molecule has 3 aromatic rings. The number of ether oxygens (including phenoxy) is 2. The quantitative estimate of drug-likeness (QED) is 0.334. The molecule has 0 aliphatic carbocycles. The number of nitro groups is 1. The summed E-state index contributed by atoms with van der Waals surface area (Å²) in [6, 6.07) is 15.4. The molecule has 3 rings (SSSR count). The van der Waals surface area contributed by atoms with Gasteiger partial charge in [0.05, 0.1) is 23.8 Å². The monoisotopic (exact) mass is 409 g/mol. The van der Waals surface area contributed by atoms with Crippen LogP contribution in [0.3, 0.4) is 0 Å². The third kappa shape index (κ3) is 4.82. The van der Waals surface area contributed by atoms with Gasteiger partial charge in [0.1, 0.15) is 5.75 Å². The number of fused-ring (bicyclic) bond motifs is 1. The first-order valence-electron chi connectivity index (χ1n) is 9.06. The van der Waals surface area contributed by atoms with Crippen LogP contribution in [0.15, 0.2) is 59.7 Å². The van der Waals surface area contributed by atoms with Crippen molar-refractivity contribution in [3.05, 3.63) is 70.3 Å². The highest BCUT2D eigenvalue weighted by Gasteiger charge is 2.16. The van der Waals surface area contributed by atoms with E-state index in [1.165, 1.54) is 0 Å². The molecule has 0 fully saturated rings. The standard InChI is InChI=1S/C21H19N3O6/c1-2-29-19-11-16(24(27)28)10-15(21(19)26)12-22-23-20(25)13-30-18-9-5-7-14-6-3-4-8-17(14)18/h3-12,26H,2,13H2,1H3,(H,23,25)/b22-12-. The smallest absolute Gasteiger partial charge is 0.277 e. The number of nitrogens with zero attached hydrogens (tertiary/aromatic N) is 2. The third-order valence-corrected chi connectivity index (χ3v) is 4.10. The molecule has 0 bridgehead atoms. The number of nitro benzene ring substituents is 1. The van der Waals surface area contributed by atoms with Gasteiger partial charge in [-0.05, 0) is 18.4 Å². The lowest BCUT2D eigenvalue weighted by Crippen LogP contribution is -2.24. The predicted molar refractivity (Wildman–Crippen MR) is 111 cm³/mol. The van der Waals surface area contributed by atoms with E-state index in [0.29, 0.717) is 5.75 Å². The molecule has 2 N–H and O–H groups in total. The summed E-state index contributed by atoms with van der Waals surface area (Å²) in [5.41, 5.74) is 2.02. The van der Waals surface area contributed by atoms with Gasteiger partial charge in [0.15, 0.2) is 18.1 Å².